The van der Waals surface area contributed by atoms with Crippen LogP contribution in [0, 0.1) is 11.8 Å². The summed E-state index contributed by atoms with van der Waals surface area (Å²) in [7, 11) is 0. The first-order valence-corrected chi connectivity index (χ1v) is 6.22. The number of esters is 1. The normalized spacial score (nSPS) is 17.1. The smallest absolute Gasteiger partial charge is 0.339 e. The number of rotatable bonds is 2. The van der Waals surface area contributed by atoms with Crippen LogP contribution in [0.2, 0.25) is 0 Å². The van der Waals surface area contributed by atoms with Gasteiger partial charge in [-0.3, -0.25) is 0 Å². The summed E-state index contributed by atoms with van der Waals surface area (Å²) in [6.45, 7) is 1.00. The van der Waals surface area contributed by atoms with Gasteiger partial charge in [0, 0.05) is 12.8 Å². The molecular formula is C15H16O4. The van der Waals surface area contributed by atoms with Gasteiger partial charge in [-0.15, -0.1) is 0 Å². The van der Waals surface area contributed by atoms with E-state index < -0.39 is 11.6 Å². The van der Waals surface area contributed by atoms with E-state index in [4.69, 9.17) is 9.47 Å². The highest BCUT2D eigenvalue weighted by Gasteiger charge is 2.27. The average Bonchev–Trinajstić information content (AvgIpc) is 2.45. The highest BCUT2D eigenvalue weighted by molar-refractivity contribution is 5.89. The van der Waals surface area contributed by atoms with Gasteiger partial charge in [0.15, 0.2) is 6.61 Å². The van der Waals surface area contributed by atoms with Gasteiger partial charge in [0.2, 0.25) is 0 Å². The Kier molecular flexibility index (Phi) is 4.56. The maximum Gasteiger partial charge on any atom is 0.339 e. The van der Waals surface area contributed by atoms with E-state index in [0.717, 1.165) is 0 Å². The van der Waals surface area contributed by atoms with Gasteiger partial charge in [-0.25, -0.2) is 4.79 Å². The molecule has 19 heavy (non-hydrogen) atoms. The fourth-order valence-corrected chi connectivity index (χ4v) is 1.79. The second kappa shape index (κ2) is 6.37. The van der Waals surface area contributed by atoms with E-state index in [0.29, 0.717) is 31.6 Å². The predicted octanol–water partition coefficient (Wildman–Crippen LogP) is 1.39. The lowest BCUT2D eigenvalue weighted by Crippen LogP contribution is -2.34. The molecule has 1 aliphatic heterocycles. The summed E-state index contributed by atoms with van der Waals surface area (Å²) in [5.74, 6) is 5.04. The quantitative estimate of drug-likeness (QED) is 0.645. The summed E-state index contributed by atoms with van der Waals surface area (Å²) in [6, 6.07) is 8.74. The van der Waals surface area contributed by atoms with Crippen molar-refractivity contribution < 1.29 is 19.4 Å². The van der Waals surface area contributed by atoms with Crippen LogP contribution < -0.4 is 0 Å². The largest absolute Gasteiger partial charge is 0.449 e. The lowest BCUT2D eigenvalue weighted by Gasteiger charge is -2.26. The molecular weight excluding hydrogens is 244 g/mol. The summed E-state index contributed by atoms with van der Waals surface area (Å²) in [5.41, 5.74) is -0.508. The van der Waals surface area contributed by atoms with Crippen molar-refractivity contribution in [2.75, 3.05) is 19.8 Å². The van der Waals surface area contributed by atoms with Crippen LogP contribution in [0.15, 0.2) is 30.3 Å². The van der Waals surface area contributed by atoms with Crippen LogP contribution in [-0.4, -0.2) is 36.5 Å². The number of ether oxygens (including phenoxy) is 2. The molecule has 0 bridgehead atoms. The molecule has 4 nitrogen and oxygen atoms in total. The molecule has 0 aliphatic carbocycles. The summed E-state index contributed by atoms with van der Waals surface area (Å²) >= 11 is 0. The topological polar surface area (TPSA) is 55.8 Å². The molecule has 0 radical (unpaired) electrons. The van der Waals surface area contributed by atoms with Crippen LogP contribution in [0.5, 0.6) is 0 Å². The van der Waals surface area contributed by atoms with Crippen LogP contribution in [0.3, 0.4) is 0 Å². The predicted molar refractivity (Wildman–Crippen MR) is 69.5 cm³/mol. The standard InChI is InChI=1S/C15H16O4/c16-14(13-5-2-1-3-6-13)19-10-4-7-15(17)8-11-18-12-9-15/h1-3,5-6,17H,8-12H2. The Balaban J connectivity index is 1.82. The molecule has 0 spiro atoms. The summed E-state index contributed by atoms with van der Waals surface area (Å²) in [6.07, 6.45) is 0.985. The summed E-state index contributed by atoms with van der Waals surface area (Å²) < 4.78 is 10.2. The van der Waals surface area contributed by atoms with Gasteiger partial charge in [0.05, 0.1) is 18.8 Å². The lowest BCUT2D eigenvalue weighted by molar-refractivity contribution is -0.0263. The molecule has 1 heterocycles. The van der Waals surface area contributed by atoms with Gasteiger partial charge in [-0.2, -0.15) is 0 Å². The van der Waals surface area contributed by atoms with Crippen LogP contribution in [-0.2, 0) is 9.47 Å². The van der Waals surface area contributed by atoms with Gasteiger partial charge >= 0.3 is 5.97 Å². The van der Waals surface area contributed by atoms with Crippen molar-refractivity contribution in [1.29, 1.82) is 0 Å². The minimum atomic E-state index is -1.00. The number of hydrogen-bond donors (Lipinski definition) is 1. The van der Waals surface area contributed by atoms with E-state index in [9.17, 15) is 9.90 Å². The molecule has 1 saturated heterocycles. The number of carbonyl (C=O) groups is 1. The van der Waals surface area contributed by atoms with E-state index in [1.54, 1.807) is 24.3 Å². The van der Waals surface area contributed by atoms with E-state index >= 15 is 0 Å². The van der Waals surface area contributed by atoms with Gasteiger partial charge in [-0.05, 0) is 12.1 Å². The Labute approximate surface area is 112 Å². The van der Waals surface area contributed by atoms with Crippen molar-refractivity contribution in [1.82, 2.24) is 0 Å². The molecule has 1 aromatic rings. The molecule has 1 fully saturated rings. The van der Waals surface area contributed by atoms with E-state index in [1.807, 2.05) is 6.07 Å². The monoisotopic (exact) mass is 260 g/mol. The van der Waals surface area contributed by atoms with Crippen molar-refractivity contribution in [3.05, 3.63) is 35.9 Å². The third-order valence-corrected chi connectivity index (χ3v) is 2.93. The highest BCUT2D eigenvalue weighted by atomic mass is 16.5. The van der Waals surface area contributed by atoms with Crippen LogP contribution >= 0.6 is 0 Å². The highest BCUT2D eigenvalue weighted by Crippen LogP contribution is 2.18. The molecule has 0 saturated carbocycles. The Morgan fingerprint density at radius 2 is 2.00 bits per heavy atom. The third kappa shape index (κ3) is 4.09. The van der Waals surface area contributed by atoms with Crippen LogP contribution in [0.1, 0.15) is 23.2 Å². The van der Waals surface area contributed by atoms with Crippen molar-refractivity contribution in [3.63, 3.8) is 0 Å². The van der Waals surface area contributed by atoms with Crippen molar-refractivity contribution in [2.24, 2.45) is 0 Å². The van der Waals surface area contributed by atoms with Crippen molar-refractivity contribution >= 4 is 5.97 Å². The second-order valence-corrected chi connectivity index (χ2v) is 4.39. The molecule has 0 aromatic heterocycles. The lowest BCUT2D eigenvalue weighted by atomic mass is 9.95. The fraction of sp³-hybridized carbons (Fsp3) is 0.400. The molecule has 2 rings (SSSR count). The Morgan fingerprint density at radius 3 is 2.68 bits per heavy atom. The first-order valence-electron chi connectivity index (χ1n) is 6.22. The Bertz CT molecular complexity index is 478. The maximum atomic E-state index is 11.6. The average molecular weight is 260 g/mol. The van der Waals surface area contributed by atoms with Gasteiger partial charge in [-0.1, -0.05) is 30.0 Å². The number of carbonyl (C=O) groups excluding carboxylic acids is 1. The zero-order valence-corrected chi connectivity index (χ0v) is 10.6. The van der Waals surface area contributed by atoms with Gasteiger partial charge in [0.1, 0.15) is 5.60 Å². The molecule has 0 atom stereocenters. The molecule has 1 N–H and O–H groups in total. The third-order valence-electron chi connectivity index (χ3n) is 2.93. The molecule has 0 unspecified atom stereocenters. The zero-order chi connectivity index (χ0) is 13.6. The van der Waals surface area contributed by atoms with E-state index in [1.165, 1.54) is 0 Å². The minimum Gasteiger partial charge on any atom is -0.449 e. The second-order valence-electron chi connectivity index (χ2n) is 4.39. The molecule has 0 amide bonds. The number of aliphatic hydroxyl groups is 1. The first kappa shape index (κ1) is 13.6. The molecule has 1 aliphatic rings. The molecule has 1 aromatic carbocycles. The van der Waals surface area contributed by atoms with Gasteiger partial charge in [0.25, 0.3) is 0 Å². The number of hydrogen-bond acceptors (Lipinski definition) is 4. The number of benzene rings is 1. The van der Waals surface area contributed by atoms with Crippen molar-refractivity contribution in [2.45, 2.75) is 18.4 Å². The molecule has 100 valence electrons. The first-order chi connectivity index (χ1) is 9.20. The van der Waals surface area contributed by atoms with Gasteiger partial charge < -0.3 is 14.6 Å². The van der Waals surface area contributed by atoms with E-state index in [-0.39, 0.29) is 6.61 Å². The molecule has 4 heteroatoms. The SMILES string of the molecule is O=C(OCC#CC1(O)CCOCC1)c1ccccc1. The summed E-state index contributed by atoms with van der Waals surface area (Å²) in [5, 5.41) is 10.1. The maximum absolute atomic E-state index is 11.6. The zero-order valence-electron chi connectivity index (χ0n) is 10.6. The van der Waals surface area contributed by atoms with Crippen LogP contribution in [0.25, 0.3) is 0 Å². The van der Waals surface area contributed by atoms with Crippen molar-refractivity contribution in [3.8, 4) is 11.8 Å². The summed E-state index contributed by atoms with van der Waals surface area (Å²) in [4.78, 5) is 11.6. The van der Waals surface area contributed by atoms with Crippen LogP contribution in [0.4, 0.5) is 0 Å². The van der Waals surface area contributed by atoms with E-state index in [2.05, 4.69) is 11.8 Å². The minimum absolute atomic E-state index is 0.0170. The fourth-order valence-electron chi connectivity index (χ4n) is 1.79. The Morgan fingerprint density at radius 1 is 1.32 bits per heavy atom. The Hall–Kier alpha value is -1.83.